The minimum absolute atomic E-state index is 0.118. The number of fused-ring (bicyclic) bond motifs is 8. The second-order valence-electron chi connectivity index (χ2n) is 17.2. The molecule has 0 radical (unpaired) electrons. The third-order valence-electron chi connectivity index (χ3n) is 12.4. The van der Waals surface area contributed by atoms with Crippen LogP contribution >= 0.6 is 0 Å². The summed E-state index contributed by atoms with van der Waals surface area (Å²) in [5, 5.41) is 5.07. The number of nitrogens with zero attached hydrogens (tertiary/aromatic N) is 2. The lowest BCUT2D eigenvalue weighted by Crippen LogP contribution is -2.40. The summed E-state index contributed by atoms with van der Waals surface area (Å²) in [6, 6.07) is 49.8. The van der Waals surface area contributed by atoms with E-state index in [1.54, 1.807) is 0 Å². The van der Waals surface area contributed by atoms with Crippen molar-refractivity contribution >= 4 is 68.6 Å². The molecule has 0 atom stereocenters. The summed E-state index contributed by atoms with van der Waals surface area (Å²) in [4.78, 5) is 4.95. The zero-order valence-corrected chi connectivity index (χ0v) is 32.6. The van der Waals surface area contributed by atoms with Gasteiger partial charge >= 0.3 is 0 Å². The van der Waals surface area contributed by atoms with Gasteiger partial charge in [-0.15, -0.1) is 0 Å². The van der Waals surface area contributed by atoms with Crippen LogP contribution in [0.4, 0.5) is 22.7 Å². The lowest BCUT2D eigenvalue weighted by atomic mass is 9.81. The van der Waals surface area contributed by atoms with E-state index in [9.17, 15) is 0 Å². The molecule has 268 valence electrons. The van der Waals surface area contributed by atoms with Gasteiger partial charge in [0.05, 0.1) is 11.1 Å². The van der Waals surface area contributed by atoms with Crippen LogP contribution in [0.3, 0.4) is 0 Å². The molecule has 7 aromatic carbocycles. The molecule has 55 heavy (non-hydrogen) atoms. The predicted octanol–water partition coefficient (Wildman–Crippen LogP) is 14.4. The number of hydrogen-bond acceptors (Lipinski definition) is 2. The average molecular weight is 711 g/mol. The van der Waals surface area contributed by atoms with Crippen molar-refractivity contribution in [3.05, 3.63) is 179 Å². The van der Waals surface area contributed by atoms with E-state index in [4.69, 9.17) is 0 Å². The maximum absolute atomic E-state index is 2.49. The van der Waals surface area contributed by atoms with Gasteiger partial charge in [-0.1, -0.05) is 141 Å². The van der Waals surface area contributed by atoms with Crippen molar-refractivity contribution in [2.24, 2.45) is 0 Å². The van der Waals surface area contributed by atoms with Gasteiger partial charge in [0.25, 0.3) is 0 Å². The van der Waals surface area contributed by atoms with Gasteiger partial charge in [0.2, 0.25) is 0 Å². The molecule has 2 heteroatoms. The minimum atomic E-state index is -0.134. The quantitative estimate of drug-likeness (QED) is 0.133. The normalized spacial score (nSPS) is 17.1. The predicted molar refractivity (Wildman–Crippen MR) is 238 cm³/mol. The van der Waals surface area contributed by atoms with Crippen LogP contribution in [0.25, 0.3) is 57.0 Å². The van der Waals surface area contributed by atoms with Crippen LogP contribution in [-0.2, 0) is 5.41 Å². The molecule has 0 saturated heterocycles. The second-order valence-corrected chi connectivity index (χ2v) is 17.2. The van der Waals surface area contributed by atoms with E-state index in [-0.39, 0.29) is 16.5 Å². The molecular formula is C53H46N2. The van der Waals surface area contributed by atoms with Gasteiger partial charge < -0.3 is 9.80 Å². The number of anilines is 4. The molecule has 0 spiro atoms. The molecule has 3 aliphatic rings. The second kappa shape index (κ2) is 11.9. The molecule has 0 bridgehead atoms. The minimum Gasteiger partial charge on any atom is -0.332 e. The summed E-state index contributed by atoms with van der Waals surface area (Å²) in [5.74, 6) is 0. The van der Waals surface area contributed by atoms with Crippen LogP contribution in [0.2, 0.25) is 0 Å². The zero-order valence-electron chi connectivity index (χ0n) is 32.6. The summed E-state index contributed by atoms with van der Waals surface area (Å²) in [6.07, 6.45) is 13.7. The van der Waals surface area contributed by atoms with Crippen LogP contribution in [0, 0.1) is 0 Å². The summed E-state index contributed by atoms with van der Waals surface area (Å²) < 4.78 is 0. The molecule has 2 aliphatic heterocycles. The van der Waals surface area contributed by atoms with Crippen LogP contribution in [-0.4, -0.2) is 11.1 Å². The average Bonchev–Trinajstić information content (AvgIpc) is 3.40. The summed E-state index contributed by atoms with van der Waals surface area (Å²) in [5.41, 5.74) is 15.0. The Morgan fingerprint density at radius 1 is 0.436 bits per heavy atom. The van der Waals surface area contributed by atoms with Crippen molar-refractivity contribution in [2.45, 2.75) is 58.0 Å². The fourth-order valence-corrected chi connectivity index (χ4v) is 9.46. The molecule has 1 aliphatic carbocycles. The Hall–Kier alpha value is -6.12. The Morgan fingerprint density at radius 2 is 0.909 bits per heavy atom. The Balaban J connectivity index is 0.935. The summed E-state index contributed by atoms with van der Waals surface area (Å²) >= 11 is 0. The first-order valence-electron chi connectivity index (χ1n) is 19.6. The SMILES string of the molecule is CC1(C)c2cc(/C=C/c3ccc4c(ccc5cc(N6c7ccccc7C=CC6(C)C)ccc54)c3)ccc2-c2ccc(N3c4ccccc4C=CC3(C)C)cc21. The van der Waals surface area contributed by atoms with E-state index in [1.165, 1.54) is 88.8 Å². The van der Waals surface area contributed by atoms with Gasteiger partial charge in [-0.3, -0.25) is 0 Å². The van der Waals surface area contributed by atoms with Crippen molar-refractivity contribution < 1.29 is 0 Å². The first-order valence-corrected chi connectivity index (χ1v) is 19.6. The standard InChI is InChI=1S/C53H46N2/c1-51(2)29-27-37-11-7-9-13-49(37)54(51)41-21-25-44-40(33-41)20-19-39-31-35(17-23-43(39)44)15-16-36-18-24-45-46-26-22-42(34-48(46)53(5,6)47(45)32-36)55-50-14-10-8-12-38(50)28-30-52(55,3)4/h7-34H,1-6H3/b16-15+. The number of rotatable bonds is 4. The van der Waals surface area contributed by atoms with E-state index >= 15 is 0 Å². The highest BCUT2D eigenvalue weighted by Gasteiger charge is 2.38. The molecule has 2 heterocycles. The fraction of sp³-hybridized carbons (Fsp3) is 0.170. The van der Waals surface area contributed by atoms with Crippen LogP contribution in [0.1, 0.15) is 74.9 Å². The van der Waals surface area contributed by atoms with E-state index in [0.717, 1.165) is 0 Å². The monoisotopic (exact) mass is 710 g/mol. The summed E-state index contributed by atoms with van der Waals surface area (Å²) in [7, 11) is 0. The Labute approximate surface area is 325 Å². The van der Waals surface area contributed by atoms with Gasteiger partial charge in [0, 0.05) is 28.2 Å². The first kappa shape index (κ1) is 33.4. The lowest BCUT2D eigenvalue weighted by molar-refractivity contribution is 0.622. The molecule has 0 saturated carbocycles. The van der Waals surface area contributed by atoms with E-state index in [0.29, 0.717) is 0 Å². The number of benzene rings is 7. The smallest absolute Gasteiger partial charge is 0.0580 e. The molecular weight excluding hydrogens is 665 g/mol. The molecule has 0 unspecified atom stereocenters. The van der Waals surface area contributed by atoms with Crippen LogP contribution < -0.4 is 9.80 Å². The fourth-order valence-electron chi connectivity index (χ4n) is 9.46. The van der Waals surface area contributed by atoms with Crippen LogP contribution in [0.5, 0.6) is 0 Å². The molecule has 10 rings (SSSR count). The van der Waals surface area contributed by atoms with Crippen molar-refractivity contribution in [2.75, 3.05) is 9.80 Å². The highest BCUT2D eigenvalue weighted by molar-refractivity contribution is 6.09. The maximum atomic E-state index is 2.49. The van der Waals surface area contributed by atoms with Gasteiger partial charge in [0.1, 0.15) is 0 Å². The highest BCUT2D eigenvalue weighted by atomic mass is 15.2. The molecule has 0 amide bonds. The topological polar surface area (TPSA) is 6.48 Å². The van der Waals surface area contributed by atoms with E-state index in [2.05, 4.69) is 221 Å². The van der Waals surface area contributed by atoms with Gasteiger partial charge in [-0.25, -0.2) is 0 Å². The first-order chi connectivity index (χ1) is 26.5. The van der Waals surface area contributed by atoms with E-state index < -0.39 is 0 Å². The third kappa shape index (κ3) is 5.30. The van der Waals surface area contributed by atoms with Crippen molar-refractivity contribution in [3.63, 3.8) is 0 Å². The van der Waals surface area contributed by atoms with E-state index in [1.807, 2.05) is 0 Å². The van der Waals surface area contributed by atoms with Crippen molar-refractivity contribution in [1.29, 1.82) is 0 Å². The highest BCUT2D eigenvalue weighted by Crippen LogP contribution is 2.52. The maximum Gasteiger partial charge on any atom is 0.0580 e. The van der Waals surface area contributed by atoms with Gasteiger partial charge in [-0.05, 0) is 136 Å². The number of hydrogen-bond donors (Lipinski definition) is 0. The van der Waals surface area contributed by atoms with Crippen LogP contribution in [0.15, 0.2) is 146 Å². The Bertz CT molecular complexity index is 2810. The Kier molecular flexibility index (Phi) is 7.26. The molecule has 0 fully saturated rings. The molecule has 0 N–H and O–H groups in total. The zero-order chi connectivity index (χ0) is 37.7. The lowest BCUT2D eigenvalue weighted by Gasteiger charge is -2.42. The largest absolute Gasteiger partial charge is 0.332 e. The Morgan fingerprint density at radius 3 is 1.55 bits per heavy atom. The molecule has 7 aromatic rings. The van der Waals surface area contributed by atoms with Crippen molar-refractivity contribution in [3.8, 4) is 11.1 Å². The van der Waals surface area contributed by atoms with Gasteiger partial charge in [0.15, 0.2) is 0 Å². The molecule has 2 nitrogen and oxygen atoms in total. The van der Waals surface area contributed by atoms with Crippen molar-refractivity contribution in [1.82, 2.24) is 0 Å². The van der Waals surface area contributed by atoms with Gasteiger partial charge in [-0.2, -0.15) is 0 Å². The number of para-hydroxylation sites is 2. The molecule has 0 aromatic heterocycles. The third-order valence-corrected chi connectivity index (χ3v) is 12.4. The summed E-state index contributed by atoms with van der Waals surface area (Å²) in [6.45, 7) is 13.9.